The number of carboxylic acid groups (broad SMARTS) is 1. The normalized spacial score (nSPS) is 13.4. The Labute approximate surface area is 265 Å². The second-order valence-corrected chi connectivity index (χ2v) is 12.9. The van der Waals surface area contributed by atoms with Crippen molar-refractivity contribution in [1.29, 1.82) is 0 Å². The molecule has 0 saturated heterocycles. The Morgan fingerprint density at radius 2 is 1.60 bits per heavy atom. The predicted octanol–water partition coefficient (Wildman–Crippen LogP) is 8.88. The smallest absolute Gasteiger partial charge is 0.290 e. The molecule has 0 radical (unpaired) electrons. The summed E-state index contributed by atoms with van der Waals surface area (Å²) in [5.74, 6) is 0.762. The molecule has 0 amide bonds. The molecule has 1 aliphatic rings. The molecule has 0 fully saturated rings. The number of fused-ring (bicyclic) bond motifs is 2. The largest absolute Gasteiger partial charge is 0.493 e. The van der Waals surface area contributed by atoms with Gasteiger partial charge in [-0.15, -0.1) is 0 Å². The summed E-state index contributed by atoms with van der Waals surface area (Å²) >= 11 is 0. The topological polar surface area (TPSA) is 84.1 Å². The Morgan fingerprint density at radius 3 is 2.24 bits per heavy atom. The first-order valence-corrected chi connectivity index (χ1v) is 15.2. The molecule has 6 rings (SSSR count). The number of imidazole rings is 1. The molecular weight excluding hydrogens is 567 g/mol. The summed E-state index contributed by atoms with van der Waals surface area (Å²) in [5, 5.41) is 15.4. The number of halogens is 1. The Kier molecular flexibility index (Phi) is 10.1. The van der Waals surface area contributed by atoms with E-state index in [0.29, 0.717) is 0 Å². The van der Waals surface area contributed by atoms with Crippen molar-refractivity contribution >= 4 is 12.1 Å². The van der Waals surface area contributed by atoms with Crippen LogP contribution in [-0.2, 0) is 16.6 Å². The highest BCUT2D eigenvalue weighted by atomic mass is 19.1. The molecule has 0 saturated carbocycles. The minimum Gasteiger partial charge on any atom is -0.493 e. The van der Waals surface area contributed by atoms with Gasteiger partial charge in [-0.1, -0.05) is 51.1 Å². The highest BCUT2D eigenvalue weighted by Gasteiger charge is 2.29. The molecule has 0 spiro atoms. The lowest BCUT2D eigenvalue weighted by Gasteiger charge is -2.33. The van der Waals surface area contributed by atoms with E-state index in [1.807, 2.05) is 24.3 Å². The van der Waals surface area contributed by atoms with Gasteiger partial charge in [-0.05, 0) is 116 Å². The van der Waals surface area contributed by atoms with E-state index >= 15 is 0 Å². The predicted molar refractivity (Wildman–Crippen MR) is 179 cm³/mol. The molecule has 1 aliphatic heterocycles. The molecule has 3 aromatic carbocycles. The van der Waals surface area contributed by atoms with E-state index in [4.69, 9.17) is 24.7 Å². The van der Waals surface area contributed by atoms with Crippen LogP contribution in [0.15, 0.2) is 79.0 Å². The molecule has 0 bridgehead atoms. The number of aliphatic hydroxyl groups is 1. The number of benzene rings is 3. The van der Waals surface area contributed by atoms with E-state index < -0.39 is 5.60 Å². The molecular formula is C38H43FN2O4. The molecule has 0 aliphatic carbocycles. The number of aryl methyl sites for hydroxylation is 1. The van der Waals surface area contributed by atoms with Crippen LogP contribution < -0.4 is 4.74 Å². The van der Waals surface area contributed by atoms with Crippen molar-refractivity contribution in [2.75, 3.05) is 6.61 Å². The molecule has 0 atom stereocenters. The molecule has 7 heteroatoms. The van der Waals surface area contributed by atoms with Crippen molar-refractivity contribution in [2.45, 2.75) is 72.3 Å². The van der Waals surface area contributed by atoms with Gasteiger partial charge in [-0.3, -0.25) is 9.20 Å². The first-order valence-electron chi connectivity index (χ1n) is 15.2. The number of carbonyl (C=O) groups is 1. The first kappa shape index (κ1) is 33.4. The Balaban J connectivity index is 0.000000518. The fraction of sp³-hybridized carbons (Fsp3) is 0.316. The van der Waals surface area contributed by atoms with Crippen LogP contribution in [0.5, 0.6) is 5.75 Å². The lowest BCUT2D eigenvalue weighted by atomic mass is 9.79. The third kappa shape index (κ3) is 7.97. The van der Waals surface area contributed by atoms with Crippen molar-refractivity contribution in [1.82, 2.24) is 9.38 Å². The summed E-state index contributed by atoms with van der Waals surface area (Å²) in [6.45, 7) is 14.7. The number of hydrogen-bond donors (Lipinski definition) is 2. The number of pyridine rings is 1. The zero-order valence-electron chi connectivity index (χ0n) is 27.2. The van der Waals surface area contributed by atoms with Gasteiger partial charge in [0.05, 0.1) is 23.6 Å². The van der Waals surface area contributed by atoms with Gasteiger partial charge >= 0.3 is 0 Å². The van der Waals surface area contributed by atoms with Gasteiger partial charge < -0.3 is 14.9 Å². The van der Waals surface area contributed by atoms with E-state index in [1.165, 1.54) is 40.1 Å². The van der Waals surface area contributed by atoms with E-state index in [-0.39, 0.29) is 17.7 Å². The minimum atomic E-state index is -0.500. The first-order chi connectivity index (χ1) is 21.2. The minimum absolute atomic E-state index is 0.0692. The van der Waals surface area contributed by atoms with Crippen LogP contribution in [-0.4, -0.2) is 38.3 Å². The molecule has 236 valence electrons. The maximum absolute atomic E-state index is 13.5. The lowest BCUT2D eigenvalue weighted by Crippen LogP contribution is -2.26. The number of aromatic nitrogens is 2. The molecule has 2 aromatic heterocycles. The summed E-state index contributed by atoms with van der Waals surface area (Å²) < 4.78 is 21.7. The van der Waals surface area contributed by atoms with Crippen LogP contribution in [0, 0.1) is 12.7 Å². The second-order valence-electron chi connectivity index (χ2n) is 12.9. The highest BCUT2D eigenvalue weighted by Crippen LogP contribution is 2.41. The van der Waals surface area contributed by atoms with E-state index in [2.05, 4.69) is 74.7 Å². The third-order valence-electron chi connectivity index (χ3n) is 7.74. The zero-order chi connectivity index (χ0) is 32.9. The average molecular weight is 611 g/mol. The van der Waals surface area contributed by atoms with Crippen molar-refractivity contribution in [2.24, 2.45) is 0 Å². The third-order valence-corrected chi connectivity index (χ3v) is 7.74. The summed E-state index contributed by atoms with van der Waals surface area (Å²) in [6.07, 6.45) is 4.09. The SMILES string of the molecule is CC(C)(C)O.CCc1c(C)cc2nc(-c3cccc(-c4ccc(F)cc4)c3)cn2c1-c1ccc2c(c1)C(C)(C)CCO2.O=CO. The van der Waals surface area contributed by atoms with Crippen molar-refractivity contribution in [3.8, 4) is 39.4 Å². The summed E-state index contributed by atoms with van der Waals surface area (Å²) in [4.78, 5) is 13.4. The van der Waals surface area contributed by atoms with Gasteiger partial charge in [0.15, 0.2) is 0 Å². The maximum Gasteiger partial charge on any atom is 0.290 e. The fourth-order valence-corrected chi connectivity index (χ4v) is 5.57. The number of nitrogens with zero attached hydrogens (tertiary/aromatic N) is 2. The van der Waals surface area contributed by atoms with Crippen LogP contribution in [0.2, 0.25) is 0 Å². The summed E-state index contributed by atoms with van der Waals surface area (Å²) in [5.41, 5.74) is 10.7. The average Bonchev–Trinajstić information content (AvgIpc) is 3.40. The van der Waals surface area contributed by atoms with Crippen molar-refractivity contribution in [3.05, 3.63) is 102 Å². The van der Waals surface area contributed by atoms with Crippen LogP contribution in [0.25, 0.3) is 39.3 Å². The Bertz CT molecular complexity index is 1780. The Hall–Kier alpha value is -4.49. The van der Waals surface area contributed by atoms with Gasteiger partial charge in [-0.2, -0.15) is 0 Å². The maximum atomic E-state index is 13.5. The standard InChI is InChI=1S/C33H31FN2O.C4H10O.CH2O2/c1-5-27-21(2)17-31-35-29(24-8-6-7-23(18-24)22-9-12-26(34)13-10-22)20-36(31)32(27)25-11-14-30-28(19-25)33(3,4)15-16-37-30;1-4(2,3)5;2-1-3/h6-14,17-20H,5,15-16H2,1-4H3;5H,1-3H3;1H,(H,2,3). The number of hydrogen-bond acceptors (Lipinski definition) is 4. The van der Waals surface area contributed by atoms with Gasteiger partial charge in [0, 0.05) is 17.3 Å². The summed E-state index contributed by atoms with van der Waals surface area (Å²) in [6, 6.07) is 23.7. The van der Waals surface area contributed by atoms with Gasteiger partial charge in [-0.25, -0.2) is 9.37 Å². The number of ether oxygens (including phenoxy) is 1. The molecule has 2 N–H and O–H groups in total. The van der Waals surface area contributed by atoms with E-state index in [9.17, 15) is 4.39 Å². The van der Waals surface area contributed by atoms with Crippen LogP contribution >= 0.6 is 0 Å². The molecule has 3 heterocycles. The van der Waals surface area contributed by atoms with E-state index in [1.54, 1.807) is 20.8 Å². The molecule has 0 unspecified atom stereocenters. The fourth-order valence-electron chi connectivity index (χ4n) is 5.57. The van der Waals surface area contributed by atoms with Crippen LogP contribution in [0.4, 0.5) is 4.39 Å². The van der Waals surface area contributed by atoms with Gasteiger partial charge in [0.1, 0.15) is 17.2 Å². The van der Waals surface area contributed by atoms with Gasteiger partial charge in [0.25, 0.3) is 6.47 Å². The van der Waals surface area contributed by atoms with Crippen molar-refractivity contribution in [3.63, 3.8) is 0 Å². The molecule has 45 heavy (non-hydrogen) atoms. The molecule has 5 aromatic rings. The second kappa shape index (κ2) is 13.7. The van der Waals surface area contributed by atoms with Crippen molar-refractivity contribution < 1.29 is 24.1 Å². The van der Waals surface area contributed by atoms with E-state index in [0.717, 1.165) is 53.2 Å². The van der Waals surface area contributed by atoms with Gasteiger partial charge in [0.2, 0.25) is 0 Å². The van der Waals surface area contributed by atoms with Crippen LogP contribution in [0.1, 0.15) is 64.7 Å². The quantitative estimate of drug-likeness (QED) is 0.199. The highest BCUT2D eigenvalue weighted by molar-refractivity contribution is 5.76. The van der Waals surface area contributed by atoms with Crippen LogP contribution in [0.3, 0.4) is 0 Å². The Morgan fingerprint density at radius 1 is 0.978 bits per heavy atom. The summed E-state index contributed by atoms with van der Waals surface area (Å²) in [7, 11) is 0. The zero-order valence-corrected chi connectivity index (χ0v) is 27.2. The molecule has 6 nitrogen and oxygen atoms in total. The lowest BCUT2D eigenvalue weighted by molar-refractivity contribution is -0.122. The number of rotatable bonds is 4. The monoisotopic (exact) mass is 610 g/mol.